The Labute approximate surface area is 224 Å². The van der Waals surface area contributed by atoms with E-state index in [4.69, 9.17) is 9.40 Å². The van der Waals surface area contributed by atoms with E-state index in [9.17, 15) is 9.90 Å². The summed E-state index contributed by atoms with van der Waals surface area (Å²) in [4.78, 5) is 17.9. The van der Waals surface area contributed by atoms with Crippen LogP contribution in [0.4, 0.5) is 0 Å². The predicted molar refractivity (Wildman–Crippen MR) is 155 cm³/mol. The lowest BCUT2D eigenvalue weighted by Crippen LogP contribution is -2.19. The molecule has 0 amide bonds. The van der Waals surface area contributed by atoms with E-state index < -0.39 is 6.10 Å². The lowest BCUT2D eigenvalue weighted by Gasteiger charge is -2.17. The van der Waals surface area contributed by atoms with Gasteiger partial charge in [0, 0.05) is 11.1 Å². The second kappa shape index (κ2) is 14.1. The van der Waals surface area contributed by atoms with Crippen LogP contribution < -0.4 is 5.43 Å². The third kappa shape index (κ3) is 8.40. The highest BCUT2D eigenvalue weighted by molar-refractivity contribution is 5.78. The van der Waals surface area contributed by atoms with Gasteiger partial charge in [0.1, 0.15) is 11.2 Å². The topological polar surface area (TPSA) is 63.3 Å². The number of aromatic nitrogens is 1. The molecule has 204 valence electrons. The molecular formula is C33H49NO3. The first-order chi connectivity index (χ1) is 17.7. The zero-order chi connectivity index (χ0) is 26.9. The van der Waals surface area contributed by atoms with Crippen LogP contribution in [0, 0.1) is 31.6 Å². The fourth-order valence-corrected chi connectivity index (χ4v) is 5.46. The molecule has 3 rings (SSSR count). The van der Waals surface area contributed by atoms with Crippen LogP contribution in [0.5, 0.6) is 0 Å². The standard InChI is InChI=1S/C33H49NO3/c1-22(2)12-9-13-23(3)14-10-15-24(4)16-11-17-27(35)20-21-28-32(36)26(6)25(5)31-33(28)37-30-19-8-7-18-29(30)34-31/h7-8,18-19,22-24,27,35H,9-17,20-21H2,1-6H3/t23-,24-,27-/m1/s1. The molecule has 0 unspecified atom stereocenters. The molecule has 0 fully saturated rings. The van der Waals surface area contributed by atoms with E-state index in [-0.39, 0.29) is 5.43 Å². The van der Waals surface area contributed by atoms with Gasteiger partial charge in [0.15, 0.2) is 16.8 Å². The summed E-state index contributed by atoms with van der Waals surface area (Å²) < 4.78 is 6.18. The molecular weight excluding hydrogens is 458 g/mol. The molecule has 3 atom stereocenters. The summed E-state index contributed by atoms with van der Waals surface area (Å²) in [5, 5.41) is 10.7. The largest absolute Gasteiger partial charge is 0.452 e. The van der Waals surface area contributed by atoms with Gasteiger partial charge in [-0.25, -0.2) is 4.98 Å². The van der Waals surface area contributed by atoms with E-state index in [0.717, 1.165) is 53.4 Å². The quantitative estimate of drug-likeness (QED) is 0.209. The third-order valence-electron chi connectivity index (χ3n) is 8.17. The minimum absolute atomic E-state index is 0.0186. The minimum atomic E-state index is -0.405. The van der Waals surface area contributed by atoms with Gasteiger partial charge < -0.3 is 9.52 Å². The number of fused-ring (bicyclic) bond motifs is 2. The van der Waals surface area contributed by atoms with Crippen molar-refractivity contribution in [2.24, 2.45) is 17.8 Å². The number of nitrogens with zero attached hydrogens (tertiary/aromatic N) is 1. The Hall–Kier alpha value is -2.20. The first-order valence-corrected chi connectivity index (χ1v) is 14.7. The molecule has 2 aliphatic rings. The van der Waals surface area contributed by atoms with Gasteiger partial charge in [-0.3, -0.25) is 4.79 Å². The predicted octanol–water partition coefficient (Wildman–Crippen LogP) is 8.64. The molecule has 1 aliphatic carbocycles. The maximum atomic E-state index is 13.1. The zero-order valence-corrected chi connectivity index (χ0v) is 24.1. The lowest BCUT2D eigenvalue weighted by atomic mass is 9.91. The summed E-state index contributed by atoms with van der Waals surface area (Å²) in [7, 11) is 0. The van der Waals surface area contributed by atoms with Crippen LogP contribution in [0.3, 0.4) is 0 Å². The fraction of sp³-hybridized carbons (Fsp3) is 0.636. The summed E-state index contributed by atoms with van der Waals surface area (Å²) in [6, 6.07) is 7.66. The van der Waals surface area contributed by atoms with Crippen LogP contribution in [0.25, 0.3) is 22.6 Å². The molecule has 1 aromatic rings. The first kappa shape index (κ1) is 29.4. The van der Waals surface area contributed by atoms with Crippen LogP contribution >= 0.6 is 0 Å². The zero-order valence-electron chi connectivity index (χ0n) is 24.1. The third-order valence-corrected chi connectivity index (χ3v) is 8.17. The van der Waals surface area contributed by atoms with E-state index in [2.05, 4.69) is 27.7 Å². The Morgan fingerprint density at radius 1 is 0.811 bits per heavy atom. The smallest absolute Gasteiger partial charge is 0.188 e. The van der Waals surface area contributed by atoms with Gasteiger partial charge in [-0.2, -0.15) is 0 Å². The van der Waals surface area contributed by atoms with Crippen molar-refractivity contribution in [1.82, 2.24) is 4.98 Å². The average molecular weight is 508 g/mol. The molecule has 1 heterocycles. The molecule has 0 spiro atoms. The summed E-state index contributed by atoms with van der Waals surface area (Å²) in [6.45, 7) is 13.2. The van der Waals surface area contributed by atoms with Crippen LogP contribution in [0.1, 0.15) is 109 Å². The molecule has 4 nitrogen and oxygen atoms in total. The molecule has 0 bridgehead atoms. The number of benzene rings is 2. The van der Waals surface area contributed by atoms with E-state index in [1.165, 1.54) is 38.5 Å². The molecule has 0 radical (unpaired) electrons. The number of hydrogen-bond donors (Lipinski definition) is 1. The summed E-state index contributed by atoms with van der Waals surface area (Å²) in [6.07, 6.45) is 11.6. The van der Waals surface area contributed by atoms with Crippen LogP contribution in [0.15, 0.2) is 33.5 Å². The van der Waals surface area contributed by atoms with Crippen molar-refractivity contribution in [3.63, 3.8) is 0 Å². The number of hydrogen-bond acceptors (Lipinski definition) is 4. The van der Waals surface area contributed by atoms with Crippen LogP contribution in [-0.2, 0) is 6.42 Å². The van der Waals surface area contributed by atoms with Gasteiger partial charge in [0.2, 0.25) is 0 Å². The molecule has 1 N–H and O–H groups in total. The minimum Gasteiger partial charge on any atom is -0.452 e. The highest BCUT2D eigenvalue weighted by Crippen LogP contribution is 2.31. The van der Waals surface area contributed by atoms with Crippen molar-refractivity contribution in [3.8, 4) is 11.5 Å². The molecule has 1 aromatic carbocycles. The Morgan fingerprint density at radius 2 is 1.41 bits per heavy atom. The highest BCUT2D eigenvalue weighted by Gasteiger charge is 2.23. The number of para-hydroxylation sites is 2. The van der Waals surface area contributed by atoms with Crippen molar-refractivity contribution in [2.45, 2.75) is 118 Å². The van der Waals surface area contributed by atoms with Gasteiger partial charge in [-0.05, 0) is 68.6 Å². The summed E-state index contributed by atoms with van der Waals surface area (Å²) >= 11 is 0. The first-order valence-electron chi connectivity index (χ1n) is 14.7. The van der Waals surface area contributed by atoms with E-state index in [1.807, 2.05) is 38.1 Å². The molecule has 0 aromatic heterocycles. The van der Waals surface area contributed by atoms with Crippen molar-refractivity contribution < 1.29 is 9.52 Å². The number of aliphatic hydroxyl groups is 1. The normalized spacial score (nSPS) is 14.5. The maximum absolute atomic E-state index is 13.1. The fourth-order valence-electron chi connectivity index (χ4n) is 5.46. The van der Waals surface area contributed by atoms with Gasteiger partial charge in [0.25, 0.3) is 0 Å². The van der Waals surface area contributed by atoms with Crippen molar-refractivity contribution in [1.29, 1.82) is 0 Å². The van der Waals surface area contributed by atoms with E-state index in [1.54, 1.807) is 0 Å². The Morgan fingerprint density at radius 3 is 2.05 bits per heavy atom. The van der Waals surface area contributed by atoms with Crippen LogP contribution in [-0.4, -0.2) is 16.2 Å². The Balaban J connectivity index is 1.47. The highest BCUT2D eigenvalue weighted by atomic mass is 16.3. The maximum Gasteiger partial charge on any atom is 0.188 e. The van der Waals surface area contributed by atoms with Gasteiger partial charge in [0.05, 0.1) is 6.10 Å². The van der Waals surface area contributed by atoms with Gasteiger partial charge >= 0.3 is 0 Å². The number of rotatable bonds is 15. The van der Waals surface area contributed by atoms with E-state index in [0.29, 0.717) is 35.7 Å². The molecule has 4 heteroatoms. The molecule has 37 heavy (non-hydrogen) atoms. The molecule has 0 saturated carbocycles. The molecule has 1 aliphatic heterocycles. The van der Waals surface area contributed by atoms with Crippen molar-refractivity contribution >= 4 is 11.1 Å². The summed E-state index contributed by atoms with van der Waals surface area (Å²) in [5.41, 5.74) is 4.48. The summed E-state index contributed by atoms with van der Waals surface area (Å²) in [5.74, 6) is 2.92. The van der Waals surface area contributed by atoms with Crippen molar-refractivity contribution in [3.05, 3.63) is 51.2 Å². The van der Waals surface area contributed by atoms with Gasteiger partial charge in [-0.15, -0.1) is 0 Å². The SMILES string of the molecule is Cc1c2nc3ccccc3oc-2c(CC[C@H](O)CCC[C@H](C)CCC[C@H](C)CCCC(C)C)c(=O)c1C. The number of aliphatic hydroxyl groups excluding tert-OH is 1. The average Bonchev–Trinajstić information content (AvgIpc) is 2.86. The monoisotopic (exact) mass is 507 g/mol. The Kier molecular flexibility index (Phi) is 11.2. The second-order valence-corrected chi connectivity index (χ2v) is 12.0. The van der Waals surface area contributed by atoms with Crippen LogP contribution in [0.2, 0.25) is 0 Å². The second-order valence-electron chi connectivity index (χ2n) is 12.0. The van der Waals surface area contributed by atoms with Crippen molar-refractivity contribution in [2.75, 3.05) is 0 Å². The lowest BCUT2D eigenvalue weighted by molar-refractivity contribution is 0.149. The Bertz CT molecular complexity index is 1150. The molecule has 0 saturated heterocycles. The van der Waals surface area contributed by atoms with E-state index >= 15 is 0 Å². The van der Waals surface area contributed by atoms with Gasteiger partial charge in [-0.1, -0.05) is 91.2 Å².